The lowest BCUT2D eigenvalue weighted by Gasteiger charge is -2.30. The molecule has 7 heteroatoms. The summed E-state index contributed by atoms with van der Waals surface area (Å²) in [5, 5.41) is 1.70. The minimum Gasteiger partial charge on any atom is -0.378 e. The zero-order valence-electron chi connectivity index (χ0n) is 18.6. The Hall–Kier alpha value is -3.71. The molecule has 2 aliphatic rings. The Kier molecular flexibility index (Phi) is 5.13. The molecule has 5 rings (SSSR count). The van der Waals surface area contributed by atoms with Crippen molar-refractivity contribution in [2.75, 3.05) is 29.0 Å². The molecule has 2 aliphatic heterocycles. The van der Waals surface area contributed by atoms with Crippen molar-refractivity contribution < 1.29 is 18.8 Å². The van der Waals surface area contributed by atoms with E-state index in [-0.39, 0.29) is 5.91 Å². The number of rotatable bonds is 4. The molecule has 2 heterocycles. The minimum atomic E-state index is -0.958. The summed E-state index contributed by atoms with van der Waals surface area (Å²) in [5.41, 5.74) is 4.02. The van der Waals surface area contributed by atoms with Crippen LogP contribution >= 0.6 is 0 Å². The van der Waals surface area contributed by atoms with E-state index in [9.17, 15) is 14.0 Å². The SMILES string of the molecule is Cc1ccccc1N1O[C@@H]2C(=O)N(c3ccc(F)cc3)C(=O)[C@@H]2[C@@H]1c1ccc(N(C)C)cc1. The number of fused-ring (bicyclic) bond motifs is 1. The average Bonchev–Trinajstić information content (AvgIpc) is 3.31. The number of aryl methyl sites for hydroxylation is 1. The second kappa shape index (κ2) is 8.01. The zero-order valence-corrected chi connectivity index (χ0v) is 18.6. The third-order valence-electron chi connectivity index (χ3n) is 6.30. The van der Waals surface area contributed by atoms with Gasteiger partial charge in [0, 0.05) is 19.8 Å². The molecule has 2 amide bonds. The molecule has 6 nitrogen and oxygen atoms in total. The van der Waals surface area contributed by atoms with Gasteiger partial charge in [-0.05, 0) is 60.5 Å². The normalized spacial score (nSPS) is 22.1. The molecule has 2 fully saturated rings. The van der Waals surface area contributed by atoms with Crippen molar-refractivity contribution in [1.29, 1.82) is 0 Å². The van der Waals surface area contributed by atoms with Crippen LogP contribution in [0.2, 0.25) is 0 Å². The molecule has 0 aromatic heterocycles. The number of benzene rings is 3. The molecule has 0 saturated carbocycles. The quantitative estimate of drug-likeness (QED) is 0.562. The van der Waals surface area contributed by atoms with Gasteiger partial charge in [-0.1, -0.05) is 30.3 Å². The van der Waals surface area contributed by atoms with Gasteiger partial charge in [-0.15, -0.1) is 0 Å². The van der Waals surface area contributed by atoms with E-state index in [2.05, 4.69) is 0 Å². The molecule has 3 aromatic rings. The Morgan fingerprint density at radius 3 is 2.18 bits per heavy atom. The largest absolute Gasteiger partial charge is 0.378 e. The fourth-order valence-corrected chi connectivity index (χ4v) is 4.59. The Balaban J connectivity index is 1.58. The van der Waals surface area contributed by atoms with Gasteiger partial charge in [0.25, 0.3) is 5.91 Å². The maximum Gasteiger partial charge on any atom is 0.266 e. The van der Waals surface area contributed by atoms with Crippen LogP contribution in [-0.4, -0.2) is 32.0 Å². The first-order chi connectivity index (χ1) is 15.9. The lowest BCUT2D eigenvalue weighted by molar-refractivity contribution is -0.126. The van der Waals surface area contributed by atoms with Gasteiger partial charge in [0.1, 0.15) is 11.7 Å². The van der Waals surface area contributed by atoms with Crippen LogP contribution in [-0.2, 0) is 14.4 Å². The smallest absolute Gasteiger partial charge is 0.266 e. The van der Waals surface area contributed by atoms with Crippen LogP contribution in [0.4, 0.5) is 21.5 Å². The molecule has 0 N–H and O–H groups in total. The number of nitrogens with zero attached hydrogens (tertiary/aromatic N) is 3. The van der Waals surface area contributed by atoms with Crippen molar-refractivity contribution in [3.63, 3.8) is 0 Å². The summed E-state index contributed by atoms with van der Waals surface area (Å²) in [4.78, 5) is 36.2. The van der Waals surface area contributed by atoms with Gasteiger partial charge in [0.15, 0.2) is 6.10 Å². The molecule has 3 aromatic carbocycles. The van der Waals surface area contributed by atoms with Gasteiger partial charge in [0.2, 0.25) is 5.91 Å². The Bertz CT molecular complexity index is 1210. The highest BCUT2D eigenvalue weighted by Crippen LogP contribution is 2.48. The number of carbonyl (C=O) groups excluding carboxylic acids is 2. The summed E-state index contributed by atoms with van der Waals surface area (Å²) in [6.45, 7) is 1.97. The summed E-state index contributed by atoms with van der Waals surface area (Å²) in [6.07, 6.45) is -0.958. The Labute approximate surface area is 191 Å². The lowest BCUT2D eigenvalue weighted by atomic mass is 9.90. The predicted molar refractivity (Wildman–Crippen MR) is 124 cm³/mol. The second-order valence-corrected chi connectivity index (χ2v) is 8.58. The van der Waals surface area contributed by atoms with Crippen molar-refractivity contribution in [2.24, 2.45) is 5.92 Å². The summed E-state index contributed by atoms with van der Waals surface area (Å²) < 4.78 is 13.4. The van der Waals surface area contributed by atoms with E-state index in [0.717, 1.165) is 27.4 Å². The highest BCUT2D eigenvalue weighted by atomic mass is 19.1. The predicted octanol–water partition coefficient (Wildman–Crippen LogP) is 4.25. The van der Waals surface area contributed by atoms with Crippen molar-refractivity contribution in [1.82, 2.24) is 0 Å². The van der Waals surface area contributed by atoms with Crippen LogP contribution in [0.3, 0.4) is 0 Å². The summed E-state index contributed by atoms with van der Waals surface area (Å²) in [7, 11) is 3.92. The van der Waals surface area contributed by atoms with Crippen LogP contribution < -0.4 is 14.9 Å². The number of imide groups is 1. The zero-order chi connectivity index (χ0) is 23.3. The second-order valence-electron chi connectivity index (χ2n) is 8.58. The van der Waals surface area contributed by atoms with Crippen molar-refractivity contribution in [2.45, 2.75) is 19.1 Å². The first-order valence-electron chi connectivity index (χ1n) is 10.8. The first-order valence-corrected chi connectivity index (χ1v) is 10.8. The van der Waals surface area contributed by atoms with Gasteiger partial charge in [-0.25, -0.2) is 14.4 Å². The summed E-state index contributed by atoms with van der Waals surface area (Å²) >= 11 is 0. The average molecular weight is 445 g/mol. The van der Waals surface area contributed by atoms with Gasteiger partial charge in [0.05, 0.1) is 17.4 Å². The maximum absolute atomic E-state index is 13.6. The Morgan fingerprint density at radius 1 is 0.879 bits per heavy atom. The summed E-state index contributed by atoms with van der Waals surface area (Å²) in [5.74, 6) is -1.96. The molecule has 3 atom stereocenters. The standard InChI is InChI=1S/C26H24FN3O3/c1-16-6-4-5-7-21(16)30-23(17-8-12-19(13-9-17)28(2)3)22-24(33-30)26(32)29(25(22)31)20-14-10-18(27)11-15-20/h4-15,22-24H,1-3H3/t22-,23+,24+/m1/s1. The molecular weight excluding hydrogens is 421 g/mol. The van der Waals surface area contributed by atoms with Crippen LogP contribution in [0.5, 0.6) is 0 Å². The van der Waals surface area contributed by atoms with Gasteiger partial charge in [-0.2, -0.15) is 0 Å². The maximum atomic E-state index is 13.6. The third-order valence-corrected chi connectivity index (χ3v) is 6.30. The minimum absolute atomic E-state index is 0.341. The molecule has 0 aliphatic carbocycles. The van der Waals surface area contributed by atoms with Crippen LogP contribution in [0, 0.1) is 18.7 Å². The number of hydrogen-bond donors (Lipinski definition) is 0. The van der Waals surface area contributed by atoms with E-state index in [1.165, 1.54) is 24.3 Å². The van der Waals surface area contributed by atoms with E-state index in [4.69, 9.17) is 4.84 Å². The van der Waals surface area contributed by atoms with Crippen LogP contribution in [0.15, 0.2) is 72.8 Å². The van der Waals surface area contributed by atoms with E-state index < -0.39 is 29.8 Å². The van der Waals surface area contributed by atoms with Gasteiger partial charge < -0.3 is 4.90 Å². The highest BCUT2D eigenvalue weighted by molar-refractivity contribution is 6.23. The number of anilines is 3. The summed E-state index contributed by atoms with van der Waals surface area (Å²) in [6, 6.07) is 20.5. The van der Waals surface area contributed by atoms with Gasteiger partial charge >= 0.3 is 0 Å². The molecular formula is C26H24FN3O3. The molecule has 0 radical (unpaired) electrons. The van der Waals surface area contributed by atoms with Crippen molar-refractivity contribution in [3.8, 4) is 0 Å². The molecule has 0 unspecified atom stereocenters. The highest BCUT2D eigenvalue weighted by Gasteiger charge is 2.60. The number of hydrogen-bond acceptors (Lipinski definition) is 5. The molecule has 0 spiro atoms. The lowest BCUT2D eigenvalue weighted by Crippen LogP contribution is -2.37. The number of amides is 2. The first kappa shape index (κ1) is 21.2. The fraction of sp³-hybridized carbons (Fsp3) is 0.231. The number of carbonyl (C=O) groups is 2. The molecule has 2 saturated heterocycles. The molecule has 0 bridgehead atoms. The van der Waals surface area contributed by atoms with E-state index in [0.29, 0.717) is 5.69 Å². The van der Waals surface area contributed by atoms with Crippen LogP contribution in [0.25, 0.3) is 0 Å². The van der Waals surface area contributed by atoms with Crippen molar-refractivity contribution >= 4 is 28.9 Å². The van der Waals surface area contributed by atoms with Crippen molar-refractivity contribution in [3.05, 3.63) is 89.7 Å². The molecule has 168 valence electrons. The molecule has 33 heavy (non-hydrogen) atoms. The Morgan fingerprint density at radius 2 is 1.55 bits per heavy atom. The van der Waals surface area contributed by atoms with E-state index >= 15 is 0 Å². The number of para-hydroxylation sites is 1. The topological polar surface area (TPSA) is 53.1 Å². The number of halogens is 1. The number of hydroxylamine groups is 1. The fourth-order valence-electron chi connectivity index (χ4n) is 4.59. The van der Waals surface area contributed by atoms with Crippen LogP contribution in [0.1, 0.15) is 17.2 Å². The van der Waals surface area contributed by atoms with Gasteiger partial charge in [-0.3, -0.25) is 14.4 Å². The van der Waals surface area contributed by atoms with E-state index in [1.807, 2.05) is 74.4 Å². The third kappa shape index (κ3) is 3.45. The van der Waals surface area contributed by atoms with E-state index in [1.54, 1.807) is 5.06 Å². The monoisotopic (exact) mass is 445 g/mol.